The van der Waals surface area contributed by atoms with Gasteiger partial charge in [-0.15, -0.1) is 6.58 Å². The molecule has 1 unspecified atom stereocenters. The number of carbonyl (C=O) groups is 1. The van der Waals surface area contributed by atoms with Crippen LogP contribution >= 0.6 is 0 Å². The topological polar surface area (TPSA) is 42.4 Å². The fourth-order valence-electron chi connectivity index (χ4n) is 4.95. The molecule has 4 aliphatic rings. The van der Waals surface area contributed by atoms with E-state index >= 15 is 0 Å². The van der Waals surface area contributed by atoms with Crippen LogP contribution < -0.4 is 0 Å². The lowest BCUT2D eigenvalue weighted by molar-refractivity contribution is -0.158. The summed E-state index contributed by atoms with van der Waals surface area (Å²) in [6, 6.07) is 10.5. The minimum atomic E-state index is -0.223. The van der Waals surface area contributed by atoms with Gasteiger partial charge in [0.15, 0.2) is 0 Å². The molecule has 1 aliphatic carbocycles. The molecule has 140 valence electrons. The van der Waals surface area contributed by atoms with Gasteiger partial charge in [0.2, 0.25) is 0 Å². The summed E-state index contributed by atoms with van der Waals surface area (Å²) in [6.07, 6.45) is 7.96. The largest absolute Gasteiger partial charge is 0.456 e. The van der Waals surface area contributed by atoms with Crippen molar-refractivity contribution in [2.45, 2.75) is 37.8 Å². The number of aromatic nitrogens is 1. The minimum Gasteiger partial charge on any atom is -0.456 e. The molecule has 4 fully saturated rings. The molecule has 2 aromatic rings. The number of hydrogen-bond donors (Lipinski definition) is 0. The highest BCUT2D eigenvalue weighted by atomic mass is 16.5. The van der Waals surface area contributed by atoms with E-state index in [2.05, 4.69) is 28.6 Å². The maximum absolute atomic E-state index is 12.6. The maximum Gasteiger partial charge on any atom is 0.309 e. The Morgan fingerprint density at radius 3 is 2.85 bits per heavy atom. The third-order valence-electron chi connectivity index (χ3n) is 6.65. The molecular weight excluding hydrogens is 336 g/mol. The van der Waals surface area contributed by atoms with Gasteiger partial charge in [-0.05, 0) is 56.2 Å². The van der Waals surface area contributed by atoms with Crippen molar-refractivity contribution in [1.29, 1.82) is 0 Å². The molecule has 0 amide bonds. The van der Waals surface area contributed by atoms with Gasteiger partial charge in [-0.3, -0.25) is 14.7 Å². The zero-order valence-electron chi connectivity index (χ0n) is 15.6. The van der Waals surface area contributed by atoms with E-state index < -0.39 is 0 Å². The number of pyridine rings is 1. The Morgan fingerprint density at radius 2 is 2.11 bits per heavy atom. The second kappa shape index (κ2) is 6.75. The van der Waals surface area contributed by atoms with Crippen molar-refractivity contribution in [2.75, 3.05) is 13.1 Å². The molecule has 3 aliphatic heterocycles. The fourth-order valence-corrected chi connectivity index (χ4v) is 4.95. The number of nitrogens with zero attached hydrogens (tertiary/aromatic N) is 2. The Bertz CT molecular complexity index is 870. The second-order valence-corrected chi connectivity index (χ2v) is 8.30. The average molecular weight is 362 g/mol. The number of fused-ring (bicyclic) bond motifs is 4. The molecule has 0 spiro atoms. The number of hydrogen-bond acceptors (Lipinski definition) is 4. The Labute approximate surface area is 160 Å². The molecular formula is C23H26N2O2. The number of carbonyl (C=O) groups excluding carboxylic acids is 1. The normalized spacial score (nSPS) is 30.8. The van der Waals surface area contributed by atoms with E-state index in [1.54, 1.807) is 0 Å². The van der Waals surface area contributed by atoms with Gasteiger partial charge >= 0.3 is 5.97 Å². The van der Waals surface area contributed by atoms with Crippen LogP contribution in [0.2, 0.25) is 0 Å². The number of ether oxygens (including phenoxy) is 1. The van der Waals surface area contributed by atoms with Gasteiger partial charge in [0, 0.05) is 23.7 Å². The van der Waals surface area contributed by atoms with Crippen LogP contribution in [0.1, 0.15) is 37.4 Å². The van der Waals surface area contributed by atoms with Crippen molar-refractivity contribution in [3.8, 4) is 0 Å². The second-order valence-electron chi connectivity index (χ2n) is 8.30. The van der Waals surface area contributed by atoms with E-state index in [1.807, 2.05) is 30.5 Å². The molecule has 4 heterocycles. The molecule has 4 heteroatoms. The lowest BCUT2D eigenvalue weighted by Gasteiger charge is -2.51. The van der Waals surface area contributed by atoms with Crippen LogP contribution in [0.25, 0.3) is 10.9 Å². The van der Waals surface area contributed by atoms with Crippen LogP contribution in [0, 0.1) is 17.8 Å². The Morgan fingerprint density at radius 1 is 1.26 bits per heavy atom. The molecule has 5 atom stereocenters. The molecule has 6 rings (SSSR count). The third-order valence-corrected chi connectivity index (χ3v) is 6.65. The van der Waals surface area contributed by atoms with Crippen molar-refractivity contribution >= 4 is 16.9 Å². The maximum atomic E-state index is 12.6. The first-order valence-corrected chi connectivity index (χ1v) is 10.2. The summed E-state index contributed by atoms with van der Waals surface area (Å²) in [5.74, 6) is 1.29. The highest BCUT2D eigenvalue weighted by Crippen LogP contribution is 2.44. The molecule has 2 bridgehead atoms. The van der Waals surface area contributed by atoms with Gasteiger partial charge in [-0.2, -0.15) is 0 Å². The minimum absolute atomic E-state index is 0.0242. The van der Waals surface area contributed by atoms with Gasteiger partial charge in [0.05, 0.1) is 17.5 Å². The lowest BCUT2D eigenvalue weighted by Crippen LogP contribution is -2.55. The van der Waals surface area contributed by atoms with E-state index in [0.29, 0.717) is 11.8 Å². The number of piperidine rings is 3. The summed E-state index contributed by atoms with van der Waals surface area (Å²) in [7, 11) is 0. The van der Waals surface area contributed by atoms with Gasteiger partial charge in [-0.25, -0.2) is 0 Å². The average Bonchev–Trinajstić information content (AvgIpc) is 3.57. The number of esters is 1. The zero-order valence-corrected chi connectivity index (χ0v) is 15.6. The number of rotatable bonds is 5. The molecule has 1 aromatic heterocycles. The van der Waals surface area contributed by atoms with Crippen molar-refractivity contribution < 1.29 is 9.53 Å². The van der Waals surface area contributed by atoms with Crippen LogP contribution in [0.3, 0.4) is 0 Å². The fraction of sp³-hybridized carbons (Fsp3) is 0.478. The van der Waals surface area contributed by atoms with E-state index in [4.69, 9.17) is 4.74 Å². The third kappa shape index (κ3) is 3.06. The van der Waals surface area contributed by atoms with Gasteiger partial charge in [0.1, 0.15) is 6.10 Å². The highest BCUT2D eigenvalue weighted by Gasteiger charge is 2.45. The van der Waals surface area contributed by atoms with Gasteiger partial charge < -0.3 is 4.74 Å². The standard InChI is InChI=1S/C23H26N2O2/c1-2-15-14-25-12-10-17(15)13-21(25)22(27-23(26)16-7-8-16)19-9-11-24-20-6-4-3-5-18(19)20/h2-6,9,11,15-17,21-22H,1,7-8,10,12-14H2/t15-,17+,21+,22-/m0/s1. The Hall–Kier alpha value is -2.20. The summed E-state index contributed by atoms with van der Waals surface area (Å²) >= 11 is 0. The van der Waals surface area contributed by atoms with E-state index in [-0.39, 0.29) is 24.0 Å². The highest BCUT2D eigenvalue weighted by molar-refractivity contribution is 5.83. The molecule has 0 radical (unpaired) electrons. The summed E-state index contributed by atoms with van der Waals surface area (Å²) in [5.41, 5.74) is 2.06. The zero-order chi connectivity index (χ0) is 18.4. The van der Waals surface area contributed by atoms with Crippen LogP contribution in [-0.2, 0) is 9.53 Å². The smallest absolute Gasteiger partial charge is 0.309 e. The van der Waals surface area contributed by atoms with Gasteiger partial charge in [0.25, 0.3) is 0 Å². The van der Waals surface area contributed by atoms with Crippen molar-refractivity contribution in [3.05, 3.63) is 54.7 Å². The van der Waals surface area contributed by atoms with E-state index in [9.17, 15) is 4.79 Å². The van der Waals surface area contributed by atoms with Gasteiger partial charge in [-0.1, -0.05) is 24.3 Å². The Kier molecular flexibility index (Phi) is 4.24. The molecule has 0 N–H and O–H groups in total. The van der Waals surface area contributed by atoms with Crippen LogP contribution in [0.5, 0.6) is 0 Å². The Balaban J connectivity index is 1.53. The molecule has 3 saturated heterocycles. The van der Waals surface area contributed by atoms with Crippen molar-refractivity contribution in [3.63, 3.8) is 0 Å². The van der Waals surface area contributed by atoms with Crippen LogP contribution in [0.4, 0.5) is 0 Å². The summed E-state index contributed by atoms with van der Waals surface area (Å²) in [6.45, 7) is 6.14. The predicted molar refractivity (Wildman–Crippen MR) is 105 cm³/mol. The number of para-hydroxylation sites is 1. The summed E-state index contributed by atoms with van der Waals surface area (Å²) in [4.78, 5) is 19.6. The van der Waals surface area contributed by atoms with Crippen LogP contribution in [0.15, 0.2) is 49.2 Å². The first-order chi connectivity index (χ1) is 13.2. The predicted octanol–water partition coefficient (Wildman–Crippen LogP) is 4.13. The molecule has 1 aromatic carbocycles. The molecule has 27 heavy (non-hydrogen) atoms. The van der Waals surface area contributed by atoms with Crippen molar-refractivity contribution in [1.82, 2.24) is 9.88 Å². The first-order valence-electron chi connectivity index (χ1n) is 10.2. The summed E-state index contributed by atoms with van der Waals surface area (Å²) < 4.78 is 6.20. The lowest BCUT2D eigenvalue weighted by atomic mass is 9.73. The first kappa shape index (κ1) is 16.9. The number of benzene rings is 1. The molecule has 1 saturated carbocycles. The molecule has 4 nitrogen and oxygen atoms in total. The quantitative estimate of drug-likeness (QED) is 0.593. The van der Waals surface area contributed by atoms with E-state index in [0.717, 1.165) is 48.8 Å². The monoisotopic (exact) mass is 362 g/mol. The van der Waals surface area contributed by atoms with Crippen LogP contribution in [-0.4, -0.2) is 35.0 Å². The van der Waals surface area contributed by atoms with E-state index in [1.165, 1.54) is 6.42 Å². The SMILES string of the molecule is C=C[C@H]1CN2CC[C@@H]1C[C@@H]2[C@@H](OC(=O)C1CC1)c1ccnc2ccccc12. The summed E-state index contributed by atoms with van der Waals surface area (Å²) in [5, 5.41) is 1.09. The van der Waals surface area contributed by atoms with Crippen molar-refractivity contribution in [2.24, 2.45) is 17.8 Å².